The molecule has 3 aromatic rings. The van der Waals surface area contributed by atoms with Gasteiger partial charge < -0.3 is 15.8 Å². The zero-order chi connectivity index (χ0) is 19.4. The summed E-state index contributed by atoms with van der Waals surface area (Å²) in [6.45, 7) is 1.53. The van der Waals surface area contributed by atoms with E-state index in [2.05, 4.69) is 20.3 Å². The van der Waals surface area contributed by atoms with E-state index in [0.29, 0.717) is 0 Å². The van der Waals surface area contributed by atoms with Crippen LogP contribution in [0.1, 0.15) is 21.7 Å². The molecule has 0 fully saturated rings. The van der Waals surface area contributed by atoms with E-state index in [1.165, 1.54) is 0 Å². The van der Waals surface area contributed by atoms with Crippen molar-refractivity contribution in [2.45, 2.75) is 13.5 Å². The van der Waals surface area contributed by atoms with Crippen molar-refractivity contribution in [3.63, 3.8) is 0 Å². The van der Waals surface area contributed by atoms with E-state index in [1.807, 2.05) is 31.2 Å². The Bertz CT molecular complexity index is 960. The third-order valence-corrected chi connectivity index (χ3v) is 3.51. The second kappa shape index (κ2) is 7.73. The Morgan fingerprint density at radius 1 is 1.07 bits per heavy atom. The van der Waals surface area contributed by atoms with Crippen LogP contribution in [0.2, 0.25) is 0 Å². The highest BCUT2D eigenvalue weighted by atomic mass is 19.1. The molecule has 0 atom stereocenters. The number of anilines is 3. The minimum atomic E-state index is -1.17. The number of aryl methyl sites for hydroxylation is 1. The Morgan fingerprint density at radius 2 is 1.74 bits per heavy atom. The molecule has 0 spiro atoms. The van der Waals surface area contributed by atoms with Crippen LogP contribution in [0.4, 0.5) is 26.4 Å². The van der Waals surface area contributed by atoms with Crippen molar-refractivity contribution in [3.05, 3.63) is 71.1 Å². The first-order valence-corrected chi connectivity index (χ1v) is 7.87. The monoisotopic (exact) mass is 371 g/mol. The van der Waals surface area contributed by atoms with E-state index in [4.69, 9.17) is 10.5 Å². The van der Waals surface area contributed by atoms with Gasteiger partial charge in [0.1, 0.15) is 17.2 Å². The van der Waals surface area contributed by atoms with E-state index in [-0.39, 0.29) is 17.7 Å². The van der Waals surface area contributed by atoms with Crippen molar-refractivity contribution < 1.29 is 18.3 Å². The molecule has 9 heteroatoms. The maximum atomic E-state index is 13.6. The fourth-order valence-corrected chi connectivity index (χ4v) is 2.22. The molecule has 3 N–H and O–H groups in total. The summed E-state index contributed by atoms with van der Waals surface area (Å²) in [6.07, 6.45) is 0. The standard InChI is InChI=1S/C18H15F2N5O2/c1-10-5-7-11(8-6-10)22-18-24-14(23-17(21)25-18)9-27-16(26)15-12(19)3-2-4-13(15)20/h2-8H,9H2,1H3,(H3,21,22,23,24,25). The number of hydrogen-bond acceptors (Lipinski definition) is 7. The summed E-state index contributed by atoms with van der Waals surface area (Å²) in [4.78, 5) is 23.8. The molecule has 1 heterocycles. The van der Waals surface area contributed by atoms with Gasteiger partial charge in [0.2, 0.25) is 11.9 Å². The van der Waals surface area contributed by atoms with Gasteiger partial charge in [-0.05, 0) is 31.2 Å². The first-order chi connectivity index (χ1) is 12.9. The summed E-state index contributed by atoms with van der Waals surface area (Å²) < 4.78 is 32.1. The number of halogens is 2. The first-order valence-electron chi connectivity index (χ1n) is 7.87. The highest BCUT2D eigenvalue weighted by Crippen LogP contribution is 2.16. The number of benzene rings is 2. The SMILES string of the molecule is Cc1ccc(Nc2nc(N)nc(COC(=O)c3c(F)cccc3F)n2)cc1. The fourth-order valence-electron chi connectivity index (χ4n) is 2.22. The van der Waals surface area contributed by atoms with Crippen LogP contribution in [0.25, 0.3) is 0 Å². The van der Waals surface area contributed by atoms with Crippen molar-refractivity contribution in [1.82, 2.24) is 15.0 Å². The van der Waals surface area contributed by atoms with Gasteiger partial charge in [-0.25, -0.2) is 13.6 Å². The molecule has 0 saturated carbocycles. The normalized spacial score (nSPS) is 10.5. The topological polar surface area (TPSA) is 103 Å². The molecular formula is C18H15F2N5O2. The molecule has 27 heavy (non-hydrogen) atoms. The molecule has 0 unspecified atom stereocenters. The Balaban J connectivity index is 1.73. The number of rotatable bonds is 5. The number of aromatic nitrogens is 3. The van der Waals surface area contributed by atoms with Crippen molar-refractivity contribution >= 4 is 23.6 Å². The zero-order valence-electron chi connectivity index (χ0n) is 14.2. The van der Waals surface area contributed by atoms with Crippen LogP contribution in [-0.4, -0.2) is 20.9 Å². The number of nitrogens with one attached hydrogen (secondary N) is 1. The van der Waals surface area contributed by atoms with E-state index in [1.54, 1.807) is 0 Å². The number of esters is 1. The molecule has 0 aliphatic carbocycles. The molecule has 0 amide bonds. The largest absolute Gasteiger partial charge is 0.454 e. The summed E-state index contributed by atoms with van der Waals surface area (Å²) in [5.41, 5.74) is 6.67. The number of carbonyl (C=O) groups excluding carboxylic acids is 1. The third-order valence-electron chi connectivity index (χ3n) is 3.51. The number of nitrogen functional groups attached to an aromatic ring is 1. The summed E-state index contributed by atoms with van der Waals surface area (Å²) >= 11 is 0. The highest BCUT2D eigenvalue weighted by Gasteiger charge is 2.19. The Hall–Kier alpha value is -3.62. The highest BCUT2D eigenvalue weighted by molar-refractivity contribution is 5.89. The van der Waals surface area contributed by atoms with Crippen LogP contribution in [-0.2, 0) is 11.3 Å². The van der Waals surface area contributed by atoms with E-state index in [0.717, 1.165) is 29.4 Å². The van der Waals surface area contributed by atoms with Crippen LogP contribution in [0.15, 0.2) is 42.5 Å². The number of carbonyl (C=O) groups is 1. The van der Waals surface area contributed by atoms with Gasteiger partial charge in [-0.3, -0.25) is 0 Å². The lowest BCUT2D eigenvalue weighted by Crippen LogP contribution is -2.13. The first kappa shape index (κ1) is 18.2. The van der Waals surface area contributed by atoms with Gasteiger partial charge in [-0.2, -0.15) is 15.0 Å². The number of hydrogen-bond donors (Lipinski definition) is 2. The van der Waals surface area contributed by atoms with Gasteiger partial charge in [0.25, 0.3) is 0 Å². The number of ether oxygens (including phenoxy) is 1. The van der Waals surface area contributed by atoms with Crippen molar-refractivity contribution in [1.29, 1.82) is 0 Å². The molecule has 138 valence electrons. The van der Waals surface area contributed by atoms with Gasteiger partial charge in [0, 0.05) is 5.69 Å². The molecule has 2 aromatic carbocycles. The van der Waals surface area contributed by atoms with E-state index < -0.39 is 29.8 Å². The van der Waals surface area contributed by atoms with E-state index in [9.17, 15) is 13.6 Å². The van der Waals surface area contributed by atoms with Crippen LogP contribution < -0.4 is 11.1 Å². The van der Waals surface area contributed by atoms with Crippen molar-refractivity contribution in [3.8, 4) is 0 Å². The summed E-state index contributed by atoms with van der Waals surface area (Å²) in [6, 6.07) is 10.5. The summed E-state index contributed by atoms with van der Waals surface area (Å²) in [5, 5.41) is 2.95. The Morgan fingerprint density at radius 3 is 2.41 bits per heavy atom. The lowest BCUT2D eigenvalue weighted by atomic mass is 10.2. The molecule has 1 aromatic heterocycles. The quantitative estimate of drug-likeness (QED) is 0.664. The molecular weight excluding hydrogens is 356 g/mol. The average molecular weight is 371 g/mol. The summed E-state index contributed by atoms with van der Waals surface area (Å²) in [7, 11) is 0. The molecule has 0 saturated heterocycles. The predicted octanol–water partition coefficient (Wildman–Crippen LogP) is 3.14. The molecule has 0 aliphatic heterocycles. The Kier molecular flexibility index (Phi) is 5.20. The maximum Gasteiger partial charge on any atom is 0.344 e. The van der Waals surface area contributed by atoms with Crippen LogP contribution in [0.3, 0.4) is 0 Å². The zero-order valence-corrected chi connectivity index (χ0v) is 14.2. The maximum absolute atomic E-state index is 13.6. The van der Waals surface area contributed by atoms with E-state index >= 15 is 0 Å². The number of nitrogens with two attached hydrogens (primary N) is 1. The van der Waals surface area contributed by atoms with Gasteiger partial charge in [-0.15, -0.1) is 0 Å². The van der Waals surface area contributed by atoms with Gasteiger partial charge in [0.05, 0.1) is 0 Å². The lowest BCUT2D eigenvalue weighted by Gasteiger charge is -2.09. The fraction of sp³-hybridized carbons (Fsp3) is 0.111. The molecule has 3 rings (SSSR count). The van der Waals surface area contributed by atoms with Gasteiger partial charge >= 0.3 is 5.97 Å². The lowest BCUT2D eigenvalue weighted by molar-refractivity contribution is 0.0451. The predicted molar refractivity (Wildman–Crippen MR) is 94.2 cm³/mol. The average Bonchev–Trinajstić information content (AvgIpc) is 2.61. The minimum absolute atomic E-state index is 0.0298. The van der Waals surface area contributed by atoms with Gasteiger partial charge in [-0.1, -0.05) is 23.8 Å². The number of nitrogens with zero attached hydrogens (tertiary/aromatic N) is 3. The van der Waals surface area contributed by atoms with Crippen LogP contribution in [0, 0.1) is 18.6 Å². The third kappa shape index (κ3) is 4.51. The molecule has 7 nitrogen and oxygen atoms in total. The van der Waals surface area contributed by atoms with Gasteiger partial charge in [0.15, 0.2) is 12.4 Å². The second-order valence-electron chi connectivity index (χ2n) is 5.60. The Labute approximate surface area is 153 Å². The van der Waals surface area contributed by atoms with Crippen molar-refractivity contribution in [2.75, 3.05) is 11.1 Å². The molecule has 0 radical (unpaired) electrons. The van der Waals surface area contributed by atoms with Crippen molar-refractivity contribution in [2.24, 2.45) is 0 Å². The molecule has 0 bridgehead atoms. The smallest absolute Gasteiger partial charge is 0.344 e. The second-order valence-corrected chi connectivity index (χ2v) is 5.60. The van der Waals surface area contributed by atoms with Crippen LogP contribution in [0.5, 0.6) is 0 Å². The minimum Gasteiger partial charge on any atom is -0.454 e. The molecule has 0 aliphatic rings. The van der Waals surface area contributed by atoms with Crippen LogP contribution >= 0.6 is 0 Å². The summed E-state index contributed by atoms with van der Waals surface area (Å²) in [5.74, 6) is -3.12.